The molecule has 0 aliphatic heterocycles. The average Bonchev–Trinajstić information content (AvgIpc) is 4.01. The maximum absolute atomic E-state index is 14.8. The minimum Gasteiger partial charge on any atom is -0.493 e. The summed E-state index contributed by atoms with van der Waals surface area (Å²) in [6.07, 6.45) is -1.58. The molecular formula is C56H56N4O16S2. The highest BCUT2D eigenvalue weighted by atomic mass is 32.1. The number of rotatable bonds is 16. The molecule has 0 spiro atoms. The SMILES string of the molecule is COc1cc(C2C(NC(=O)c3ccc(NC(=O)OC(C)(C)C)cc3)(C(=O)O)C(c3ccc(OC(=O)c4ccc(C)s4)c(OC)c3)C2(NC(=O)c2ccc(NC(=O)OC(C)(C)C)cc2)C(=O)O)ccc1OC(=O)c1ccc(C)s1. The molecule has 1 saturated carbocycles. The highest BCUT2D eigenvalue weighted by Gasteiger charge is 2.80. The molecule has 0 radical (unpaired) electrons. The maximum Gasteiger partial charge on any atom is 0.412 e. The van der Waals surface area contributed by atoms with Gasteiger partial charge in [-0.3, -0.25) is 20.2 Å². The number of aliphatic carboxylic acids is 2. The van der Waals surface area contributed by atoms with Crippen LogP contribution in [0.5, 0.6) is 23.0 Å². The van der Waals surface area contributed by atoms with E-state index < -0.39 is 82.0 Å². The Hall–Kier alpha value is -8.76. The molecule has 2 aromatic heterocycles. The standard InChI is InChI=1S/C56H56N4O16S2/c1-29-11-25-41(77-29)47(63)73-37-23-17-33(27-39(37)71-9)43-55(49(65)66,59-45(61)31-13-19-35(20-14-31)57-51(69)75-53(3,4)5)44(34-18-24-38(40(28-34)72-10)74-48(64)42-26-12-30(2)78-42)56(43,50(67)68)60-46(62)32-15-21-36(22-16-32)58-52(70)76-54(6,7)8/h11-28,43-44H,1-10H3,(H,57,69)(H,58,70)(H,59,61)(H,60,62)(H,65,66)(H,67,68). The van der Waals surface area contributed by atoms with Gasteiger partial charge in [-0.2, -0.15) is 0 Å². The van der Waals surface area contributed by atoms with E-state index in [1.165, 1.54) is 122 Å². The molecule has 1 aliphatic rings. The molecule has 78 heavy (non-hydrogen) atoms. The summed E-state index contributed by atoms with van der Waals surface area (Å²) < 4.78 is 33.5. The van der Waals surface area contributed by atoms with E-state index >= 15 is 0 Å². The molecule has 4 aromatic carbocycles. The second-order valence-corrected chi connectivity index (χ2v) is 22.5. The third kappa shape index (κ3) is 12.2. The molecular weight excluding hydrogens is 1050 g/mol. The van der Waals surface area contributed by atoms with Crippen LogP contribution < -0.4 is 40.2 Å². The summed E-state index contributed by atoms with van der Waals surface area (Å²) in [4.78, 5) is 113. The highest BCUT2D eigenvalue weighted by Crippen LogP contribution is 2.64. The predicted octanol–water partition coefficient (Wildman–Crippen LogP) is 9.96. The van der Waals surface area contributed by atoms with Gasteiger partial charge in [0.1, 0.15) is 21.0 Å². The Balaban J connectivity index is 1.41. The molecule has 0 atom stereocenters. The second kappa shape index (κ2) is 22.4. The molecule has 22 heteroatoms. The van der Waals surface area contributed by atoms with Gasteiger partial charge in [-0.1, -0.05) is 12.1 Å². The normalized spacial score (nSPS) is 17.7. The molecule has 20 nitrogen and oxygen atoms in total. The Kier molecular flexibility index (Phi) is 16.4. The van der Waals surface area contributed by atoms with E-state index in [-0.39, 0.29) is 66.4 Å². The van der Waals surface area contributed by atoms with E-state index in [9.17, 15) is 48.6 Å². The van der Waals surface area contributed by atoms with Gasteiger partial charge >= 0.3 is 36.1 Å². The van der Waals surface area contributed by atoms with Crippen LogP contribution in [0.25, 0.3) is 0 Å². The molecule has 4 amide bonds. The number of hydrogen-bond acceptors (Lipinski definition) is 16. The minimum absolute atomic E-state index is 0.141. The van der Waals surface area contributed by atoms with Crippen molar-refractivity contribution in [2.75, 3.05) is 24.9 Å². The Morgan fingerprint density at radius 3 is 1.12 bits per heavy atom. The van der Waals surface area contributed by atoms with Crippen LogP contribution in [0.2, 0.25) is 0 Å². The van der Waals surface area contributed by atoms with E-state index in [2.05, 4.69) is 21.3 Å². The summed E-state index contributed by atoms with van der Waals surface area (Å²) in [7, 11) is 2.47. The summed E-state index contributed by atoms with van der Waals surface area (Å²) in [5.74, 6) is -11.7. The summed E-state index contributed by atoms with van der Waals surface area (Å²) >= 11 is 2.34. The first-order chi connectivity index (χ1) is 36.7. The monoisotopic (exact) mass is 1100 g/mol. The van der Waals surface area contributed by atoms with Crippen molar-refractivity contribution in [1.82, 2.24) is 10.6 Å². The fourth-order valence-corrected chi connectivity index (χ4v) is 10.4. The van der Waals surface area contributed by atoms with Crippen molar-refractivity contribution < 1.29 is 77.0 Å². The topological polar surface area (TPSA) is 281 Å². The number of hydrogen-bond donors (Lipinski definition) is 6. The number of nitrogens with one attached hydrogen (secondary N) is 4. The fraction of sp³-hybridized carbons (Fsp3) is 0.286. The lowest BCUT2D eigenvalue weighted by molar-refractivity contribution is -0.171. The Morgan fingerprint density at radius 1 is 0.487 bits per heavy atom. The number of anilines is 2. The number of carboxylic acid groups (broad SMARTS) is 2. The Labute approximate surface area is 456 Å². The number of thiophene rings is 2. The number of esters is 2. The molecule has 6 aromatic rings. The zero-order chi connectivity index (χ0) is 57.1. The van der Waals surface area contributed by atoms with Crippen molar-refractivity contribution in [2.45, 2.75) is 89.5 Å². The zero-order valence-electron chi connectivity index (χ0n) is 44.0. The molecule has 7 rings (SSSR count). The van der Waals surface area contributed by atoms with E-state index in [0.717, 1.165) is 9.75 Å². The van der Waals surface area contributed by atoms with E-state index in [4.69, 9.17) is 28.4 Å². The third-order valence-electron chi connectivity index (χ3n) is 12.1. The van der Waals surface area contributed by atoms with Gasteiger partial charge in [-0.05, 0) is 164 Å². The smallest absolute Gasteiger partial charge is 0.412 e. The molecule has 6 N–H and O–H groups in total. The first kappa shape index (κ1) is 57.0. The summed E-state index contributed by atoms with van der Waals surface area (Å²) in [6.45, 7) is 13.6. The number of methoxy groups -OCH3 is 2. The number of ether oxygens (including phenoxy) is 6. The molecule has 2 heterocycles. The maximum atomic E-state index is 14.8. The molecule has 1 aliphatic carbocycles. The zero-order valence-corrected chi connectivity index (χ0v) is 45.6. The Bertz CT molecular complexity index is 3090. The van der Waals surface area contributed by atoms with Crippen LogP contribution in [0.15, 0.2) is 109 Å². The predicted molar refractivity (Wildman–Crippen MR) is 288 cm³/mol. The highest BCUT2D eigenvalue weighted by molar-refractivity contribution is 7.14. The quantitative estimate of drug-likeness (QED) is 0.0388. The molecule has 0 saturated heterocycles. The molecule has 408 valence electrons. The molecule has 1 fully saturated rings. The van der Waals surface area contributed by atoms with E-state index in [1.54, 1.807) is 79.7 Å². The van der Waals surface area contributed by atoms with Crippen molar-refractivity contribution >= 4 is 81.9 Å². The van der Waals surface area contributed by atoms with Gasteiger partial charge < -0.3 is 49.3 Å². The van der Waals surface area contributed by atoms with Gasteiger partial charge in [0, 0.05) is 32.3 Å². The lowest BCUT2D eigenvalue weighted by Crippen LogP contribution is -2.86. The number of aryl methyl sites for hydroxylation is 2. The fourth-order valence-electron chi connectivity index (χ4n) is 8.95. The van der Waals surface area contributed by atoms with Gasteiger partial charge in [0.05, 0.1) is 26.1 Å². The number of carbonyl (C=O) groups excluding carboxylic acids is 6. The van der Waals surface area contributed by atoms with Gasteiger partial charge in [-0.25, -0.2) is 28.8 Å². The van der Waals surface area contributed by atoms with Gasteiger partial charge in [0.25, 0.3) is 11.8 Å². The van der Waals surface area contributed by atoms with Crippen molar-refractivity contribution in [3.8, 4) is 23.0 Å². The minimum atomic E-state index is -2.76. The molecule has 0 bridgehead atoms. The van der Waals surface area contributed by atoms with Crippen LogP contribution in [-0.4, -0.2) is 94.6 Å². The lowest BCUT2D eigenvalue weighted by Gasteiger charge is -2.64. The van der Waals surface area contributed by atoms with Crippen molar-refractivity contribution in [1.29, 1.82) is 0 Å². The largest absolute Gasteiger partial charge is 0.493 e. The first-order valence-electron chi connectivity index (χ1n) is 23.9. The van der Waals surface area contributed by atoms with Crippen LogP contribution in [0.3, 0.4) is 0 Å². The first-order valence-corrected chi connectivity index (χ1v) is 25.6. The Morgan fingerprint density at radius 2 is 0.833 bits per heavy atom. The van der Waals surface area contributed by atoms with Crippen molar-refractivity contribution in [3.05, 3.63) is 151 Å². The number of amides is 4. The van der Waals surface area contributed by atoms with Crippen LogP contribution >= 0.6 is 22.7 Å². The number of carboxylic acids is 2. The molecule has 0 unspecified atom stereocenters. The van der Waals surface area contributed by atoms with Gasteiger partial charge in [-0.15, -0.1) is 22.7 Å². The summed E-state index contributed by atoms with van der Waals surface area (Å²) in [5.41, 5.74) is -7.35. The number of carbonyl (C=O) groups is 8. The van der Waals surface area contributed by atoms with Crippen LogP contribution in [0.1, 0.15) is 114 Å². The summed E-state index contributed by atoms with van der Waals surface area (Å²) in [6, 6.07) is 24.7. The summed E-state index contributed by atoms with van der Waals surface area (Å²) in [5, 5.41) is 34.1. The van der Waals surface area contributed by atoms with Crippen molar-refractivity contribution in [3.63, 3.8) is 0 Å². The lowest BCUT2D eigenvalue weighted by atomic mass is 9.43. The van der Waals surface area contributed by atoms with Crippen molar-refractivity contribution in [2.24, 2.45) is 0 Å². The van der Waals surface area contributed by atoms with E-state index in [1.807, 2.05) is 0 Å². The van der Waals surface area contributed by atoms with Crippen LogP contribution in [-0.2, 0) is 19.1 Å². The van der Waals surface area contributed by atoms with Gasteiger partial charge in [0.15, 0.2) is 34.1 Å². The second-order valence-electron chi connectivity index (χ2n) is 20.0. The van der Waals surface area contributed by atoms with Crippen LogP contribution in [0.4, 0.5) is 21.0 Å². The number of benzene rings is 4. The third-order valence-corrected chi connectivity index (χ3v) is 14.0. The average molecular weight is 1110 g/mol. The van der Waals surface area contributed by atoms with Gasteiger partial charge in [0.2, 0.25) is 0 Å². The van der Waals surface area contributed by atoms with E-state index in [0.29, 0.717) is 0 Å². The van der Waals surface area contributed by atoms with Crippen LogP contribution in [0, 0.1) is 13.8 Å².